The molecule has 0 spiro atoms. The molecule has 31 heavy (non-hydrogen) atoms. The zero-order chi connectivity index (χ0) is 21.4. The number of pyridine rings is 1. The topological polar surface area (TPSA) is 75.2 Å². The molecular weight excluding hydrogens is 393 g/mol. The van der Waals surface area contributed by atoms with Crippen molar-refractivity contribution in [3.8, 4) is 6.07 Å². The molecule has 1 saturated heterocycles. The number of hydrogen-bond donors (Lipinski definition) is 2. The maximum atomic E-state index is 14.3. The van der Waals surface area contributed by atoms with Crippen LogP contribution >= 0.6 is 0 Å². The van der Waals surface area contributed by atoms with E-state index in [4.69, 9.17) is 5.26 Å². The minimum Gasteiger partial charge on any atom is -0.384 e. The standard InChI is InChI=1S/C24H24FN5O/c25-20-12-16(14-26)4-6-22(20)30-10-8-29(9-11-30)15-17-3-5-18-21(13-17)28-24(31)19-2-1-7-27-23(18)19/h3-6,12-13,27H,1-2,7-11,15H2,(H,28,31). The maximum Gasteiger partial charge on any atom is 0.253 e. The average molecular weight is 417 g/mol. The highest BCUT2D eigenvalue weighted by Crippen LogP contribution is 2.28. The number of halogens is 1. The van der Waals surface area contributed by atoms with Crippen LogP contribution in [0, 0.1) is 17.1 Å². The van der Waals surface area contributed by atoms with Crippen molar-refractivity contribution in [3.05, 3.63) is 69.3 Å². The molecule has 0 amide bonds. The summed E-state index contributed by atoms with van der Waals surface area (Å²) in [5, 5.41) is 13.4. The van der Waals surface area contributed by atoms with Crippen molar-refractivity contribution in [2.24, 2.45) is 0 Å². The number of aromatic amines is 1. The normalized spacial score (nSPS) is 16.6. The van der Waals surface area contributed by atoms with Crippen LogP contribution in [0.25, 0.3) is 10.9 Å². The third kappa shape index (κ3) is 3.75. The summed E-state index contributed by atoms with van der Waals surface area (Å²) in [4.78, 5) is 19.9. The molecule has 2 N–H and O–H groups in total. The quantitative estimate of drug-likeness (QED) is 0.685. The van der Waals surface area contributed by atoms with Crippen LogP contribution in [0.5, 0.6) is 0 Å². The van der Waals surface area contributed by atoms with Gasteiger partial charge in [0.25, 0.3) is 5.56 Å². The number of H-pyrrole nitrogens is 1. The van der Waals surface area contributed by atoms with E-state index in [1.165, 1.54) is 6.07 Å². The van der Waals surface area contributed by atoms with E-state index in [2.05, 4.69) is 33.4 Å². The number of fused-ring (bicyclic) bond motifs is 3. The summed E-state index contributed by atoms with van der Waals surface area (Å²) in [6.45, 7) is 4.78. The second kappa shape index (κ2) is 8.05. The Hall–Kier alpha value is -3.37. The van der Waals surface area contributed by atoms with E-state index < -0.39 is 0 Å². The Morgan fingerprint density at radius 3 is 2.71 bits per heavy atom. The minimum atomic E-state index is -0.345. The van der Waals surface area contributed by atoms with Crippen molar-refractivity contribution in [1.82, 2.24) is 9.88 Å². The van der Waals surface area contributed by atoms with Gasteiger partial charge in [0.2, 0.25) is 0 Å². The van der Waals surface area contributed by atoms with Gasteiger partial charge < -0.3 is 15.2 Å². The Labute approximate surface area is 179 Å². The second-order valence-electron chi connectivity index (χ2n) is 8.26. The van der Waals surface area contributed by atoms with Crippen molar-refractivity contribution in [2.75, 3.05) is 42.9 Å². The Morgan fingerprint density at radius 1 is 1.10 bits per heavy atom. The molecule has 1 aromatic heterocycles. The predicted octanol–water partition coefficient (Wildman–Crippen LogP) is 3.22. The van der Waals surface area contributed by atoms with Gasteiger partial charge in [-0.1, -0.05) is 12.1 Å². The van der Waals surface area contributed by atoms with Gasteiger partial charge in [0.05, 0.1) is 28.5 Å². The number of anilines is 2. The van der Waals surface area contributed by atoms with Crippen LogP contribution in [0.3, 0.4) is 0 Å². The van der Waals surface area contributed by atoms with E-state index in [0.29, 0.717) is 11.3 Å². The first-order valence-corrected chi connectivity index (χ1v) is 10.7. The van der Waals surface area contributed by atoms with E-state index in [1.807, 2.05) is 11.0 Å². The van der Waals surface area contributed by atoms with Crippen molar-refractivity contribution in [2.45, 2.75) is 19.4 Å². The van der Waals surface area contributed by atoms with E-state index in [0.717, 1.165) is 79.8 Å². The van der Waals surface area contributed by atoms with Crippen LogP contribution in [-0.4, -0.2) is 42.6 Å². The van der Waals surface area contributed by atoms with Crippen molar-refractivity contribution in [1.29, 1.82) is 5.26 Å². The summed E-state index contributed by atoms with van der Waals surface area (Å²) in [6, 6.07) is 12.9. The Bertz CT molecular complexity index is 1240. The monoisotopic (exact) mass is 417 g/mol. The summed E-state index contributed by atoms with van der Waals surface area (Å²) in [5.74, 6) is -0.345. The third-order valence-corrected chi connectivity index (χ3v) is 6.28. The van der Waals surface area contributed by atoms with Gasteiger partial charge in [0.1, 0.15) is 5.82 Å². The summed E-state index contributed by atoms with van der Waals surface area (Å²) < 4.78 is 14.3. The number of benzene rings is 2. The zero-order valence-corrected chi connectivity index (χ0v) is 17.2. The molecule has 0 unspecified atom stereocenters. The van der Waals surface area contributed by atoms with Gasteiger partial charge in [-0.3, -0.25) is 9.69 Å². The molecule has 5 rings (SSSR count). The van der Waals surface area contributed by atoms with Crippen molar-refractivity contribution >= 4 is 22.3 Å². The lowest BCUT2D eigenvalue weighted by molar-refractivity contribution is 0.249. The molecule has 1 fully saturated rings. The van der Waals surface area contributed by atoms with Crippen LogP contribution in [0.1, 0.15) is 23.1 Å². The first-order valence-electron chi connectivity index (χ1n) is 10.7. The van der Waals surface area contributed by atoms with Crippen LogP contribution in [0.2, 0.25) is 0 Å². The highest BCUT2D eigenvalue weighted by Gasteiger charge is 2.21. The highest BCUT2D eigenvalue weighted by molar-refractivity contribution is 5.93. The molecule has 0 aliphatic carbocycles. The molecule has 0 bridgehead atoms. The molecule has 6 nitrogen and oxygen atoms in total. The van der Waals surface area contributed by atoms with Gasteiger partial charge in [0, 0.05) is 50.2 Å². The van der Waals surface area contributed by atoms with Gasteiger partial charge in [0.15, 0.2) is 0 Å². The summed E-state index contributed by atoms with van der Waals surface area (Å²) >= 11 is 0. The molecule has 158 valence electrons. The third-order valence-electron chi connectivity index (χ3n) is 6.28. The Morgan fingerprint density at radius 2 is 1.94 bits per heavy atom. The number of aromatic nitrogens is 1. The Balaban J connectivity index is 1.29. The fraction of sp³-hybridized carbons (Fsp3) is 0.333. The fourth-order valence-electron chi connectivity index (χ4n) is 4.64. The summed E-state index contributed by atoms with van der Waals surface area (Å²) in [5.41, 5.74) is 4.76. The summed E-state index contributed by atoms with van der Waals surface area (Å²) in [7, 11) is 0. The van der Waals surface area contributed by atoms with Crippen LogP contribution in [0.15, 0.2) is 41.2 Å². The summed E-state index contributed by atoms with van der Waals surface area (Å²) in [6.07, 6.45) is 1.80. The molecule has 2 aliphatic rings. The van der Waals surface area contributed by atoms with E-state index in [1.54, 1.807) is 12.1 Å². The fourth-order valence-corrected chi connectivity index (χ4v) is 4.64. The van der Waals surface area contributed by atoms with Crippen LogP contribution in [0.4, 0.5) is 15.8 Å². The largest absolute Gasteiger partial charge is 0.384 e. The van der Waals surface area contributed by atoms with E-state index in [9.17, 15) is 9.18 Å². The van der Waals surface area contributed by atoms with Crippen molar-refractivity contribution in [3.63, 3.8) is 0 Å². The molecule has 3 heterocycles. The second-order valence-corrected chi connectivity index (χ2v) is 8.26. The lowest BCUT2D eigenvalue weighted by atomic mass is 10.0. The molecule has 0 saturated carbocycles. The average Bonchev–Trinajstić information content (AvgIpc) is 2.80. The highest BCUT2D eigenvalue weighted by atomic mass is 19.1. The smallest absolute Gasteiger partial charge is 0.253 e. The molecule has 3 aromatic rings. The molecule has 0 radical (unpaired) electrons. The lowest BCUT2D eigenvalue weighted by Gasteiger charge is -2.36. The molecule has 2 aromatic carbocycles. The molecular formula is C24H24FN5O. The van der Waals surface area contributed by atoms with E-state index >= 15 is 0 Å². The molecule has 0 atom stereocenters. The van der Waals surface area contributed by atoms with Crippen LogP contribution < -0.4 is 15.8 Å². The first kappa shape index (κ1) is 19.6. The number of nitrogens with one attached hydrogen (secondary N) is 2. The number of rotatable bonds is 3. The van der Waals surface area contributed by atoms with Gasteiger partial charge in [-0.2, -0.15) is 5.26 Å². The van der Waals surface area contributed by atoms with Crippen LogP contribution in [-0.2, 0) is 13.0 Å². The zero-order valence-electron chi connectivity index (χ0n) is 17.2. The number of piperazine rings is 1. The first-order chi connectivity index (χ1) is 15.1. The number of nitrogens with zero attached hydrogens (tertiary/aromatic N) is 3. The SMILES string of the molecule is N#Cc1ccc(N2CCN(Cc3ccc4c5c(c(=O)[nH]c4c3)CCCN5)CC2)c(F)c1. The minimum absolute atomic E-state index is 0.00454. The Kier molecular flexibility index (Phi) is 5.08. The van der Waals surface area contributed by atoms with Gasteiger partial charge >= 0.3 is 0 Å². The number of hydrogen-bond acceptors (Lipinski definition) is 5. The maximum absolute atomic E-state index is 14.3. The van der Waals surface area contributed by atoms with Gasteiger partial charge in [-0.05, 0) is 42.7 Å². The molecule has 7 heteroatoms. The lowest BCUT2D eigenvalue weighted by Crippen LogP contribution is -2.46. The predicted molar refractivity (Wildman–Crippen MR) is 120 cm³/mol. The van der Waals surface area contributed by atoms with E-state index in [-0.39, 0.29) is 11.4 Å². The molecule has 2 aliphatic heterocycles. The van der Waals surface area contributed by atoms with Gasteiger partial charge in [-0.25, -0.2) is 4.39 Å². The van der Waals surface area contributed by atoms with Gasteiger partial charge in [-0.15, -0.1) is 0 Å². The number of nitriles is 1. The van der Waals surface area contributed by atoms with Crippen molar-refractivity contribution < 1.29 is 4.39 Å².